The predicted molar refractivity (Wildman–Crippen MR) is 81.5 cm³/mol. The third kappa shape index (κ3) is 4.17. The van der Waals surface area contributed by atoms with Crippen molar-refractivity contribution in [2.75, 3.05) is 18.1 Å². The molecule has 2 nitrogen and oxygen atoms in total. The van der Waals surface area contributed by atoms with Gasteiger partial charge in [0.25, 0.3) is 5.91 Å². The van der Waals surface area contributed by atoms with Crippen molar-refractivity contribution < 1.29 is 4.79 Å². The van der Waals surface area contributed by atoms with Gasteiger partial charge in [-0.3, -0.25) is 4.79 Å². The molecule has 0 saturated carbocycles. The molecule has 0 aromatic heterocycles. The third-order valence-electron chi connectivity index (χ3n) is 3.00. The van der Waals surface area contributed by atoms with Crippen LogP contribution in [0.15, 0.2) is 24.3 Å². The molecule has 0 radical (unpaired) electrons. The van der Waals surface area contributed by atoms with Crippen LogP contribution in [0.25, 0.3) is 0 Å². The van der Waals surface area contributed by atoms with Crippen LogP contribution in [-0.4, -0.2) is 24.0 Å². The lowest BCUT2D eigenvalue weighted by Gasteiger charge is -2.21. The van der Waals surface area contributed by atoms with E-state index < -0.39 is 0 Å². The van der Waals surface area contributed by atoms with Crippen LogP contribution < -0.4 is 5.32 Å². The number of carbonyl (C=O) groups excluding carboxylic acids is 1. The van der Waals surface area contributed by atoms with Gasteiger partial charge in [0.05, 0.1) is 0 Å². The number of rotatable bonds is 3. The second-order valence-electron chi connectivity index (χ2n) is 4.27. The summed E-state index contributed by atoms with van der Waals surface area (Å²) in [5.41, 5.74) is 0.760. The molecule has 1 heterocycles. The minimum Gasteiger partial charge on any atom is -0.352 e. The van der Waals surface area contributed by atoms with Gasteiger partial charge in [0.15, 0.2) is 0 Å². The fourth-order valence-electron chi connectivity index (χ4n) is 1.89. The van der Waals surface area contributed by atoms with Gasteiger partial charge < -0.3 is 5.32 Å². The lowest BCUT2D eigenvalue weighted by molar-refractivity contribution is 0.0946. The summed E-state index contributed by atoms with van der Waals surface area (Å²) in [5, 5.41) is 3.04. The van der Waals surface area contributed by atoms with Crippen molar-refractivity contribution >= 4 is 40.3 Å². The van der Waals surface area contributed by atoms with Crippen molar-refractivity contribution in [2.24, 2.45) is 5.92 Å². The Morgan fingerprint density at radius 3 is 2.59 bits per heavy atom. The van der Waals surface area contributed by atoms with Crippen LogP contribution in [0.5, 0.6) is 0 Å². The molecule has 1 fully saturated rings. The second kappa shape index (κ2) is 6.64. The van der Waals surface area contributed by atoms with Crippen molar-refractivity contribution in [3.8, 4) is 0 Å². The zero-order chi connectivity index (χ0) is 12.1. The summed E-state index contributed by atoms with van der Waals surface area (Å²) in [6.45, 7) is 0.825. The SMILES string of the molecule is O=C(NCC1CCSCC1)c1ccc(I)cc1. The van der Waals surface area contributed by atoms with Gasteiger partial charge in [-0.05, 0) is 77.1 Å². The molecule has 0 bridgehead atoms. The second-order valence-corrected chi connectivity index (χ2v) is 6.74. The van der Waals surface area contributed by atoms with Gasteiger partial charge in [0.2, 0.25) is 0 Å². The van der Waals surface area contributed by atoms with E-state index in [0.29, 0.717) is 5.92 Å². The monoisotopic (exact) mass is 361 g/mol. The molecule has 1 N–H and O–H groups in total. The number of carbonyl (C=O) groups is 1. The highest BCUT2D eigenvalue weighted by atomic mass is 127. The Labute approximate surface area is 120 Å². The molecule has 0 atom stereocenters. The molecule has 17 heavy (non-hydrogen) atoms. The summed E-state index contributed by atoms with van der Waals surface area (Å²) in [7, 11) is 0. The Balaban J connectivity index is 1.82. The predicted octanol–water partition coefficient (Wildman–Crippen LogP) is 3.16. The fraction of sp³-hybridized carbons (Fsp3) is 0.462. The van der Waals surface area contributed by atoms with Crippen LogP contribution in [-0.2, 0) is 0 Å². The number of halogens is 1. The topological polar surface area (TPSA) is 29.1 Å². The standard InChI is InChI=1S/C13H16INOS/c14-12-3-1-11(2-4-12)13(16)15-9-10-5-7-17-8-6-10/h1-4,10H,5-9H2,(H,15,16). The summed E-state index contributed by atoms with van der Waals surface area (Å²) < 4.78 is 1.16. The van der Waals surface area contributed by atoms with Crippen molar-refractivity contribution in [2.45, 2.75) is 12.8 Å². The smallest absolute Gasteiger partial charge is 0.251 e. The van der Waals surface area contributed by atoms with Crippen LogP contribution in [0.2, 0.25) is 0 Å². The first-order valence-electron chi connectivity index (χ1n) is 5.87. The maximum absolute atomic E-state index is 11.9. The van der Waals surface area contributed by atoms with Crippen LogP contribution in [0.1, 0.15) is 23.2 Å². The molecule has 0 aliphatic carbocycles. The van der Waals surface area contributed by atoms with Crippen LogP contribution in [0.3, 0.4) is 0 Å². The van der Waals surface area contributed by atoms with Gasteiger partial charge >= 0.3 is 0 Å². The quantitative estimate of drug-likeness (QED) is 0.838. The molecule has 1 amide bonds. The average molecular weight is 361 g/mol. The first-order valence-corrected chi connectivity index (χ1v) is 8.10. The van der Waals surface area contributed by atoms with E-state index >= 15 is 0 Å². The van der Waals surface area contributed by atoms with Crippen molar-refractivity contribution in [3.05, 3.63) is 33.4 Å². The molecule has 1 aliphatic rings. The largest absolute Gasteiger partial charge is 0.352 e. The molecule has 1 aromatic carbocycles. The average Bonchev–Trinajstić information content (AvgIpc) is 2.38. The number of amides is 1. The Hall–Kier alpha value is -0.230. The highest BCUT2D eigenvalue weighted by Gasteiger charge is 2.14. The van der Waals surface area contributed by atoms with E-state index in [2.05, 4.69) is 27.9 Å². The van der Waals surface area contributed by atoms with Gasteiger partial charge in [-0.1, -0.05) is 0 Å². The third-order valence-corrected chi connectivity index (χ3v) is 4.77. The van der Waals surface area contributed by atoms with Gasteiger partial charge in [-0.15, -0.1) is 0 Å². The summed E-state index contributed by atoms with van der Waals surface area (Å²) >= 11 is 4.26. The molecule has 0 spiro atoms. The van der Waals surface area contributed by atoms with Crippen LogP contribution in [0, 0.1) is 9.49 Å². The number of hydrogen-bond donors (Lipinski definition) is 1. The van der Waals surface area contributed by atoms with Gasteiger partial charge in [-0.2, -0.15) is 11.8 Å². The van der Waals surface area contributed by atoms with E-state index in [1.54, 1.807) is 0 Å². The van der Waals surface area contributed by atoms with Gasteiger partial charge in [0.1, 0.15) is 0 Å². The lowest BCUT2D eigenvalue weighted by atomic mass is 10.0. The van der Waals surface area contributed by atoms with Crippen molar-refractivity contribution in [1.82, 2.24) is 5.32 Å². The van der Waals surface area contributed by atoms with E-state index in [0.717, 1.165) is 15.7 Å². The maximum atomic E-state index is 11.9. The number of nitrogens with one attached hydrogen (secondary N) is 1. The summed E-state index contributed by atoms with van der Waals surface area (Å²) in [6.07, 6.45) is 2.47. The normalized spacial score (nSPS) is 16.8. The lowest BCUT2D eigenvalue weighted by Crippen LogP contribution is -2.30. The summed E-state index contributed by atoms with van der Waals surface area (Å²) in [6, 6.07) is 7.70. The van der Waals surface area contributed by atoms with E-state index in [1.807, 2.05) is 36.0 Å². The Morgan fingerprint density at radius 2 is 1.94 bits per heavy atom. The molecule has 92 valence electrons. The fourth-order valence-corrected chi connectivity index (χ4v) is 3.45. The van der Waals surface area contributed by atoms with Crippen LogP contribution in [0.4, 0.5) is 0 Å². The molecular weight excluding hydrogens is 345 g/mol. The van der Waals surface area contributed by atoms with Crippen molar-refractivity contribution in [3.63, 3.8) is 0 Å². The van der Waals surface area contributed by atoms with E-state index in [9.17, 15) is 4.79 Å². The molecule has 2 rings (SSSR count). The van der Waals surface area contributed by atoms with Crippen molar-refractivity contribution in [1.29, 1.82) is 0 Å². The Kier molecular flexibility index (Phi) is 5.16. The Bertz CT molecular complexity index is 374. The minimum atomic E-state index is 0.0552. The molecule has 4 heteroatoms. The van der Waals surface area contributed by atoms with E-state index in [4.69, 9.17) is 0 Å². The molecular formula is C13H16INOS. The molecule has 0 unspecified atom stereocenters. The number of benzene rings is 1. The summed E-state index contributed by atoms with van der Waals surface area (Å²) in [5.74, 6) is 3.21. The zero-order valence-corrected chi connectivity index (χ0v) is 12.6. The first kappa shape index (κ1) is 13.2. The van der Waals surface area contributed by atoms with Crippen LogP contribution >= 0.6 is 34.4 Å². The molecule has 1 aromatic rings. The van der Waals surface area contributed by atoms with Gasteiger partial charge in [-0.25, -0.2) is 0 Å². The summed E-state index contributed by atoms with van der Waals surface area (Å²) in [4.78, 5) is 11.9. The molecule has 1 saturated heterocycles. The minimum absolute atomic E-state index is 0.0552. The van der Waals surface area contributed by atoms with E-state index in [1.165, 1.54) is 24.3 Å². The molecule has 1 aliphatic heterocycles. The van der Waals surface area contributed by atoms with Gasteiger partial charge in [0, 0.05) is 15.7 Å². The maximum Gasteiger partial charge on any atom is 0.251 e. The highest BCUT2D eigenvalue weighted by Crippen LogP contribution is 2.21. The number of hydrogen-bond acceptors (Lipinski definition) is 2. The zero-order valence-electron chi connectivity index (χ0n) is 9.62. The van der Waals surface area contributed by atoms with E-state index in [-0.39, 0.29) is 5.91 Å². The Morgan fingerprint density at radius 1 is 1.29 bits per heavy atom. The number of thioether (sulfide) groups is 1. The highest BCUT2D eigenvalue weighted by molar-refractivity contribution is 14.1. The first-order chi connectivity index (χ1) is 8.25.